The molecule has 1 amide bonds. The van der Waals surface area contributed by atoms with E-state index in [1.54, 1.807) is 7.11 Å². The van der Waals surface area contributed by atoms with Gasteiger partial charge in [-0.05, 0) is 49.8 Å². The quantitative estimate of drug-likeness (QED) is 0.442. The zero-order valence-corrected chi connectivity index (χ0v) is 17.4. The first-order valence-electron chi connectivity index (χ1n) is 10.2. The minimum atomic E-state index is -0.257. The monoisotopic (exact) mass is 389 g/mol. The van der Waals surface area contributed by atoms with Gasteiger partial charge in [0, 0.05) is 32.2 Å². The van der Waals surface area contributed by atoms with Gasteiger partial charge in [-0.3, -0.25) is 14.7 Å². The molecule has 0 aromatic heterocycles. The van der Waals surface area contributed by atoms with Crippen LogP contribution in [0.4, 0.5) is 0 Å². The van der Waals surface area contributed by atoms with Gasteiger partial charge in [-0.15, -0.1) is 0 Å². The topological polar surface area (TPSA) is 92.0 Å². The van der Waals surface area contributed by atoms with Crippen LogP contribution in [0.3, 0.4) is 0 Å². The molecule has 0 saturated carbocycles. The van der Waals surface area contributed by atoms with Crippen molar-refractivity contribution in [3.8, 4) is 5.75 Å². The molecule has 0 bridgehead atoms. The summed E-state index contributed by atoms with van der Waals surface area (Å²) in [6.45, 7) is 8.02. The molecule has 0 radical (unpaired) electrons. The lowest BCUT2D eigenvalue weighted by Crippen LogP contribution is -2.49. The molecule has 1 saturated heterocycles. The van der Waals surface area contributed by atoms with Crippen molar-refractivity contribution in [2.75, 3.05) is 39.8 Å². The van der Waals surface area contributed by atoms with Crippen LogP contribution in [-0.4, -0.2) is 62.6 Å². The van der Waals surface area contributed by atoms with Crippen LogP contribution >= 0.6 is 0 Å². The van der Waals surface area contributed by atoms with Crippen LogP contribution in [0.15, 0.2) is 29.3 Å². The highest BCUT2D eigenvalue weighted by Gasteiger charge is 2.20. The number of hydrogen-bond donors (Lipinski definition) is 3. The van der Waals surface area contributed by atoms with Gasteiger partial charge in [-0.1, -0.05) is 19.1 Å². The number of nitrogens with one attached hydrogen (secondary N) is 2. The van der Waals surface area contributed by atoms with Crippen molar-refractivity contribution in [3.05, 3.63) is 29.8 Å². The van der Waals surface area contributed by atoms with Gasteiger partial charge in [0.2, 0.25) is 5.91 Å². The molecule has 1 atom stereocenters. The molecule has 1 aromatic carbocycles. The summed E-state index contributed by atoms with van der Waals surface area (Å²) >= 11 is 0. The summed E-state index contributed by atoms with van der Waals surface area (Å²) in [6, 6.07) is 8.63. The van der Waals surface area contributed by atoms with E-state index in [0.29, 0.717) is 18.5 Å². The van der Waals surface area contributed by atoms with Crippen LogP contribution in [0, 0.1) is 0 Å². The largest absolute Gasteiger partial charge is 0.497 e. The molecule has 4 N–H and O–H groups in total. The number of ether oxygens (including phenoxy) is 1. The molecule has 1 fully saturated rings. The van der Waals surface area contributed by atoms with Gasteiger partial charge < -0.3 is 21.1 Å². The number of carbonyl (C=O) groups is 1. The van der Waals surface area contributed by atoms with Crippen LogP contribution in [-0.2, 0) is 4.79 Å². The van der Waals surface area contributed by atoms with Gasteiger partial charge in [0.15, 0.2) is 5.96 Å². The van der Waals surface area contributed by atoms with Gasteiger partial charge in [-0.2, -0.15) is 0 Å². The Labute approximate surface area is 168 Å². The molecule has 1 aliphatic rings. The second-order valence-corrected chi connectivity index (χ2v) is 7.38. The van der Waals surface area contributed by atoms with Gasteiger partial charge in [0.05, 0.1) is 13.7 Å². The Morgan fingerprint density at radius 2 is 2.00 bits per heavy atom. The normalized spacial score (nSPS) is 17.2. The van der Waals surface area contributed by atoms with Gasteiger partial charge in [0.25, 0.3) is 0 Å². The van der Waals surface area contributed by atoms with E-state index in [1.165, 1.54) is 5.56 Å². The third kappa shape index (κ3) is 7.38. The van der Waals surface area contributed by atoms with Crippen molar-refractivity contribution in [2.24, 2.45) is 10.7 Å². The number of nitrogens with zero attached hydrogens (tertiary/aromatic N) is 2. The van der Waals surface area contributed by atoms with Crippen molar-refractivity contribution >= 4 is 11.9 Å². The van der Waals surface area contributed by atoms with Crippen LogP contribution in [0.25, 0.3) is 0 Å². The number of rotatable bonds is 9. The lowest BCUT2D eigenvalue weighted by molar-refractivity contribution is -0.119. The predicted octanol–water partition coefficient (Wildman–Crippen LogP) is 1.69. The van der Waals surface area contributed by atoms with Crippen molar-refractivity contribution in [2.45, 2.75) is 45.1 Å². The zero-order chi connectivity index (χ0) is 20.4. The fourth-order valence-electron chi connectivity index (χ4n) is 3.44. The average molecular weight is 390 g/mol. The Balaban J connectivity index is 1.80. The number of amides is 1. The van der Waals surface area contributed by atoms with Crippen molar-refractivity contribution < 1.29 is 9.53 Å². The molecule has 0 aliphatic carbocycles. The molecule has 7 nitrogen and oxygen atoms in total. The second kappa shape index (κ2) is 11.5. The fraction of sp³-hybridized carbons (Fsp3) is 0.619. The first-order chi connectivity index (χ1) is 13.5. The molecule has 7 heteroatoms. The molecule has 1 aromatic rings. The molecule has 28 heavy (non-hydrogen) atoms. The van der Waals surface area contributed by atoms with Gasteiger partial charge in [0.1, 0.15) is 5.75 Å². The maximum Gasteiger partial charge on any atom is 0.231 e. The van der Waals surface area contributed by atoms with E-state index in [2.05, 4.69) is 41.5 Å². The molecule has 1 heterocycles. The SMILES string of the molecule is CCNC(=NCCC(C)c1ccc(OC)cc1)NC1CCN(CC(N)=O)CC1. The third-order valence-electron chi connectivity index (χ3n) is 5.17. The first-order valence-corrected chi connectivity index (χ1v) is 10.2. The second-order valence-electron chi connectivity index (χ2n) is 7.38. The number of likely N-dealkylation sites (tertiary alicyclic amines) is 1. The van der Waals surface area contributed by atoms with Crippen LogP contribution in [0.2, 0.25) is 0 Å². The van der Waals surface area contributed by atoms with E-state index in [9.17, 15) is 4.79 Å². The highest BCUT2D eigenvalue weighted by molar-refractivity contribution is 5.80. The Hall–Kier alpha value is -2.28. The maximum absolute atomic E-state index is 11.0. The summed E-state index contributed by atoms with van der Waals surface area (Å²) in [5.74, 6) is 1.94. The molecule has 0 spiro atoms. The Bertz CT molecular complexity index is 624. The third-order valence-corrected chi connectivity index (χ3v) is 5.17. The number of piperidine rings is 1. The van der Waals surface area contributed by atoms with E-state index >= 15 is 0 Å². The maximum atomic E-state index is 11.0. The molecule has 1 aliphatic heterocycles. The summed E-state index contributed by atoms with van der Waals surface area (Å²) in [5.41, 5.74) is 6.58. The fourth-order valence-corrected chi connectivity index (χ4v) is 3.44. The smallest absolute Gasteiger partial charge is 0.231 e. The number of carbonyl (C=O) groups excluding carboxylic acids is 1. The number of primary amides is 1. The highest BCUT2D eigenvalue weighted by atomic mass is 16.5. The van der Waals surface area contributed by atoms with Crippen molar-refractivity contribution in [1.82, 2.24) is 15.5 Å². The summed E-state index contributed by atoms with van der Waals surface area (Å²) in [7, 11) is 1.68. The first kappa shape index (κ1) is 22.0. The number of nitrogens with two attached hydrogens (primary N) is 1. The lowest BCUT2D eigenvalue weighted by Gasteiger charge is -2.32. The van der Waals surface area contributed by atoms with E-state index in [4.69, 9.17) is 15.5 Å². The molecule has 2 rings (SSSR count). The summed E-state index contributed by atoms with van der Waals surface area (Å²) in [6.07, 6.45) is 2.96. The van der Waals surface area contributed by atoms with Crippen LogP contribution in [0.5, 0.6) is 5.75 Å². The average Bonchev–Trinajstić information content (AvgIpc) is 2.69. The van der Waals surface area contributed by atoms with Crippen LogP contribution in [0.1, 0.15) is 44.6 Å². The summed E-state index contributed by atoms with van der Waals surface area (Å²) < 4.78 is 5.22. The standard InChI is InChI=1S/C21H35N5O2/c1-4-23-21(25-18-10-13-26(14-11-18)15-20(22)27)24-12-9-16(2)17-5-7-19(28-3)8-6-17/h5-8,16,18H,4,9-15H2,1-3H3,(H2,22,27)(H2,23,24,25). The van der Waals surface area contributed by atoms with Crippen molar-refractivity contribution in [3.63, 3.8) is 0 Å². The molecule has 1 unspecified atom stereocenters. The number of hydrogen-bond acceptors (Lipinski definition) is 4. The minimum Gasteiger partial charge on any atom is -0.497 e. The highest BCUT2D eigenvalue weighted by Crippen LogP contribution is 2.21. The Morgan fingerprint density at radius 3 is 2.57 bits per heavy atom. The number of methoxy groups -OCH3 is 1. The van der Waals surface area contributed by atoms with Gasteiger partial charge in [-0.25, -0.2) is 0 Å². The molecular weight excluding hydrogens is 354 g/mol. The van der Waals surface area contributed by atoms with Gasteiger partial charge >= 0.3 is 0 Å². The summed E-state index contributed by atoms with van der Waals surface area (Å²) in [5, 5.41) is 6.88. The predicted molar refractivity (Wildman–Crippen MR) is 114 cm³/mol. The Morgan fingerprint density at radius 1 is 1.32 bits per heavy atom. The number of aliphatic imine (C=N–C) groups is 1. The molecular formula is C21H35N5O2. The lowest BCUT2D eigenvalue weighted by atomic mass is 9.98. The van der Waals surface area contributed by atoms with Crippen LogP contribution < -0.4 is 21.1 Å². The number of benzene rings is 1. The van der Waals surface area contributed by atoms with E-state index in [-0.39, 0.29) is 5.91 Å². The zero-order valence-electron chi connectivity index (χ0n) is 17.4. The minimum absolute atomic E-state index is 0.257. The van der Waals surface area contributed by atoms with E-state index in [1.807, 2.05) is 12.1 Å². The Kier molecular flexibility index (Phi) is 9.07. The molecule has 156 valence electrons. The summed E-state index contributed by atoms with van der Waals surface area (Å²) in [4.78, 5) is 17.9. The van der Waals surface area contributed by atoms with Crippen molar-refractivity contribution in [1.29, 1.82) is 0 Å². The van der Waals surface area contributed by atoms with E-state index in [0.717, 1.165) is 57.2 Å². The van der Waals surface area contributed by atoms with E-state index < -0.39 is 0 Å². The number of guanidine groups is 1.